The van der Waals surface area contributed by atoms with E-state index in [2.05, 4.69) is 28.5 Å². The Balaban J connectivity index is 1.28. The van der Waals surface area contributed by atoms with E-state index in [9.17, 15) is 0 Å². The lowest BCUT2D eigenvalue weighted by molar-refractivity contribution is 0.167. The molecule has 3 heteroatoms. The highest BCUT2D eigenvalue weighted by Crippen LogP contribution is 2.51. The molecule has 2 aliphatic heterocycles. The Morgan fingerprint density at radius 2 is 1.67 bits per heavy atom. The number of para-hydroxylation sites is 2. The van der Waals surface area contributed by atoms with Crippen molar-refractivity contribution in [1.29, 1.82) is 0 Å². The van der Waals surface area contributed by atoms with Crippen LogP contribution in [0.1, 0.15) is 51.4 Å². The molecule has 4 bridgehead atoms. The summed E-state index contributed by atoms with van der Waals surface area (Å²) in [5, 5.41) is 3.72. The average Bonchev–Trinajstić information content (AvgIpc) is 2.84. The summed E-state index contributed by atoms with van der Waals surface area (Å²) < 4.78 is 0. The van der Waals surface area contributed by atoms with Crippen LogP contribution in [-0.4, -0.2) is 23.0 Å². The first-order valence-electron chi connectivity index (χ1n) is 9.88. The van der Waals surface area contributed by atoms with Crippen LogP contribution in [0.15, 0.2) is 36.0 Å². The fourth-order valence-electron chi connectivity index (χ4n) is 5.74. The fraction of sp³-hybridized carbons (Fsp3) is 0.619. The normalized spacial score (nSPS) is 37.1. The van der Waals surface area contributed by atoms with Gasteiger partial charge in [-0.25, -0.2) is 0 Å². The lowest BCUT2D eigenvalue weighted by atomic mass is 9.61. The number of hydrogen-bond donors (Lipinski definition) is 2. The Morgan fingerprint density at radius 1 is 0.958 bits per heavy atom. The van der Waals surface area contributed by atoms with Gasteiger partial charge in [0.05, 0.1) is 11.4 Å². The van der Waals surface area contributed by atoms with Crippen molar-refractivity contribution in [3.63, 3.8) is 0 Å². The van der Waals surface area contributed by atoms with Crippen molar-refractivity contribution in [2.45, 2.75) is 69.5 Å². The van der Waals surface area contributed by atoms with Gasteiger partial charge in [-0.1, -0.05) is 18.6 Å². The second-order valence-electron chi connectivity index (χ2n) is 8.42. The van der Waals surface area contributed by atoms with E-state index in [0.717, 1.165) is 35.3 Å². The number of allylic oxidation sites excluding steroid dienone is 1. The summed E-state index contributed by atoms with van der Waals surface area (Å²) in [7, 11) is 0. The van der Waals surface area contributed by atoms with Crippen LogP contribution in [0.4, 0.5) is 11.4 Å². The predicted molar refractivity (Wildman–Crippen MR) is 99.7 cm³/mol. The Bertz CT molecular complexity index is 622. The molecule has 4 aliphatic rings. The molecule has 0 radical (unpaired) electrons. The summed E-state index contributed by atoms with van der Waals surface area (Å²) in [6, 6.07) is 10.2. The smallest absolute Gasteiger partial charge is 0.0576 e. The minimum Gasteiger partial charge on any atom is -0.397 e. The summed E-state index contributed by atoms with van der Waals surface area (Å²) >= 11 is 0. The zero-order valence-electron chi connectivity index (χ0n) is 14.5. The molecule has 2 heterocycles. The Kier molecular flexibility index (Phi) is 3.50. The van der Waals surface area contributed by atoms with Crippen molar-refractivity contribution in [2.75, 3.05) is 11.1 Å². The molecule has 2 saturated carbocycles. The highest BCUT2D eigenvalue weighted by Gasteiger charge is 2.43. The number of benzene rings is 1. The third-order valence-corrected chi connectivity index (χ3v) is 7.03. The van der Waals surface area contributed by atoms with Gasteiger partial charge in [-0.3, -0.25) is 0 Å². The van der Waals surface area contributed by atoms with Crippen LogP contribution in [0.25, 0.3) is 0 Å². The molecule has 5 atom stereocenters. The van der Waals surface area contributed by atoms with Crippen LogP contribution >= 0.6 is 0 Å². The van der Waals surface area contributed by atoms with E-state index in [0.29, 0.717) is 6.04 Å². The molecule has 1 aromatic rings. The van der Waals surface area contributed by atoms with Crippen molar-refractivity contribution in [1.82, 2.24) is 4.90 Å². The van der Waals surface area contributed by atoms with E-state index < -0.39 is 0 Å². The molecular formula is C21H29N3. The van der Waals surface area contributed by atoms with Crippen molar-refractivity contribution >= 4 is 11.4 Å². The van der Waals surface area contributed by atoms with Crippen molar-refractivity contribution in [3.8, 4) is 0 Å². The minimum atomic E-state index is 0.572. The second-order valence-corrected chi connectivity index (χ2v) is 8.42. The average molecular weight is 323 g/mol. The highest BCUT2D eigenvalue weighted by atomic mass is 15.2. The van der Waals surface area contributed by atoms with Crippen molar-refractivity contribution in [2.24, 2.45) is 11.8 Å². The van der Waals surface area contributed by atoms with Gasteiger partial charge in [-0.15, -0.1) is 0 Å². The van der Waals surface area contributed by atoms with E-state index >= 15 is 0 Å². The summed E-state index contributed by atoms with van der Waals surface area (Å²) in [5.41, 5.74) is 9.90. The maximum absolute atomic E-state index is 6.11. The fourth-order valence-corrected chi connectivity index (χ4v) is 5.74. The molecule has 0 spiro atoms. The molecule has 3 nitrogen and oxygen atoms in total. The Hall–Kier alpha value is -1.64. The first kappa shape index (κ1) is 14.7. The molecule has 3 unspecified atom stereocenters. The van der Waals surface area contributed by atoms with E-state index in [4.69, 9.17) is 5.73 Å². The molecule has 3 N–H and O–H groups in total. The van der Waals surface area contributed by atoms with Gasteiger partial charge in [0.2, 0.25) is 0 Å². The monoisotopic (exact) mass is 323 g/mol. The Morgan fingerprint density at radius 3 is 2.33 bits per heavy atom. The van der Waals surface area contributed by atoms with Gasteiger partial charge in [-0.05, 0) is 80.7 Å². The molecule has 0 aromatic heterocycles. The van der Waals surface area contributed by atoms with Gasteiger partial charge in [-0.2, -0.15) is 0 Å². The van der Waals surface area contributed by atoms with Gasteiger partial charge in [0.15, 0.2) is 0 Å². The summed E-state index contributed by atoms with van der Waals surface area (Å²) in [4.78, 5) is 2.76. The molecule has 2 saturated heterocycles. The van der Waals surface area contributed by atoms with Gasteiger partial charge >= 0.3 is 0 Å². The number of piperidine rings is 1. The van der Waals surface area contributed by atoms with E-state index in [-0.39, 0.29) is 0 Å². The van der Waals surface area contributed by atoms with Crippen molar-refractivity contribution < 1.29 is 0 Å². The first-order chi connectivity index (χ1) is 11.8. The van der Waals surface area contributed by atoms with Crippen LogP contribution in [0.5, 0.6) is 0 Å². The van der Waals surface area contributed by atoms with Crippen LogP contribution < -0.4 is 11.1 Å². The standard InChI is InChI=1S/C21H29N3/c22-20-6-1-2-7-21(20)23-16-11-17-8-9-18(12-16)24(17)13-19-14-4-3-5-15(19)10-14/h1-2,6-7,13-18,23H,3-5,8-12,22H2/t14?,15?,16?,17-,18+. The predicted octanol–water partition coefficient (Wildman–Crippen LogP) is 4.38. The van der Waals surface area contributed by atoms with Crippen LogP contribution in [-0.2, 0) is 0 Å². The van der Waals surface area contributed by atoms with E-state index in [1.54, 1.807) is 5.57 Å². The number of rotatable bonds is 3. The number of nitrogens with zero attached hydrogens (tertiary/aromatic N) is 1. The third-order valence-electron chi connectivity index (χ3n) is 7.03. The lowest BCUT2D eigenvalue weighted by Crippen LogP contribution is -2.45. The maximum Gasteiger partial charge on any atom is 0.0576 e. The van der Waals surface area contributed by atoms with E-state index in [1.807, 2.05) is 12.1 Å². The van der Waals surface area contributed by atoms with Crippen LogP contribution in [0.2, 0.25) is 0 Å². The zero-order valence-corrected chi connectivity index (χ0v) is 14.5. The van der Waals surface area contributed by atoms with Gasteiger partial charge in [0.25, 0.3) is 0 Å². The number of fused-ring (bicyclic) bond motifs is 4. The molecule has 5 rings (SSSR count). The number of nitrogens with two attached hydrogens (primary N) is 1. The van der Waals surface area contributed by atoms with Gasteiger partial charge in [0.1, 0.15) is 0 Å². The molecule has 4 fully saturated rings. The largest absolute Gasteiger partial charge is 0.397 e. The van der Waals surface area contributed by atoms with Crippen LogP contribution in [0, 0.1) is 11.8 Å². The number of hydrogen-bond acceptors (Lipinski definition) is 3. The maximum atomic E-state index is 6.11. The highest BCUT2D eigenvalue weighted by molar-refractivity contribution is 5.66. The molecular weight excluding hydrogens is 294 g/mol. The SMILES string of the molecule is Nc1ccccc1NC1C[C@H]2CC[C@@H](C1)N2C=C1C2CCCC1C2. The second kappa shape index (κ2) is 5.72. The quantitative estimate of drug-likeness (QED) is 0.811. The molecule has 24 heavy (non-hydrogen) atoms. The summed E-state index contributed by atoms with van der Waals surface area (Å²) in [6.45, 7) is 0. The summed E-state index contributed by atoms with van der Waals surface area (Å²) in [6.07, 6.45) is 13.7. The van der Waals surface area contributed by atoms with Crippen LogP contribution in [0.3, 0.4) is 0 Å². The van der Waals surface area contributed by atoms with Gasteiger partial charge < -0.3 is 16.0 Å². The molecule has 1 aromatic carbocycles. The number of nitrogens with one attached hydrogen (secondary N) is 1. The van der Waals surface area contributed by atoms with E-state index in [1.165, 1.54) is 51.4 Å². The zero-order chi connectivity index (χ0) is 16.1. The number of nitrogen functional groups attached to an aromatic ring is 1. The molecule has 2 aliphatic carbocycles. The molecule has 0 amide bonds. The first-order valence-corrected chi connectivity index (χ1v) is 9.88. The van der Waals surface area contributed by atoms with Gasteiger partial charge in [0, 0.05) is 18.1 Å². The number of anilines is 2. The lowest BCUT2D eigenvalue weighted by Gasteiger charge is -2.47. The minimum absolute atomic E-state index is 0.572. The Labute approximate surface area is 145 Å². The van der Waals surface area contributed by atoms with Crippen molar-refractivity contribution in [3.05, 3.63) is 36.0 Å². The summed E-state index contributed by atoms with van der Waals surface area (Å²) in [5.74, 6) is 1.87. The third kappa shape index (κ3) is 2.40. The molecule has 128 valence electrons. The topological polar surface area (TPSA) is 41.3 Å².